The standard InChI is InChI=1S/C19H17NOS/c1-20(13-15-5-3-2-4-6-15)19(21)17-9-7-16(8-10-17)18-11-12-22-14-18/h2-12,14H,13H2,1H3. The van der Waals surface area contributed by atoms with Crippen molar-refractivity contribution in [3.8, 4) is 11.1 Å². The van der Waals surface area contributed by atoms with Gasteiger partial charge in [0.05, 0.1) is 0 Å². The Balaban J connectivity index is 1.72. The fraction of sp³-hybridized carbons (Fsp3) is 0.105. The first kappa shape index (κ1) is 14.5. The number of thiophene rings is 1. The molecule has 0 N–H and O–H groups in total. The lowest BCUT2D eigenvalue weighted by atomic mass is 10.1. The van der Waals surface area contributed by atoms with Gasteiger partial charge in [0.15, 0.2) is 0 Å². The highest BCUT2D eigenvalue weighted by Crippen LogP contribution is 2.22. The van der Waals surface area contributed by atoms with E-state index in [1.54, 1.807) is 16.2 Å². The lowest BCUT2D eigenvalue weighted by molar-refractivity contribution is 0.0785. The molecule has 1 amide bonds. The first-order chi connectivity index (χ1) is 10.7. The molecule has 3 rings (SSSR count). The van der Waals surface area contributed by atoms with Gasteiger partial charge in [0.1, 0.15) is 0 Å². The number of carbonyl (C=O) groups excluding carboxylic acids is 1. The van der Waals surface area contributed by atoms with E-state index in [-0.39, 0.29) is 5.91 Å². The van der Waals surface area contributed by atoms with Crippen molar-refractivity contribution in [3.05, 3.63) is 82.6 Å². The zero-order valence-corrected chi connectivity index (χ0v) is 13.2. The molecule has 0 saturated carbocycles. The van der Waals surface area contributed by atoms with Crippen LogP contribution in [0.2, 0.25) is 0 Å². The maximum Gasteiger partial charge on any atom is 0.253 e. The van der Waals surface area contributed by atoms with Crippen molar-refractivity contribution in [1.82, 2.24) is 4.90 Å². The molecule has 0 spiro atoms. The van der Waals surface area contributed by atoms with Crippen LogP contribution in [0.1, 0.15) is 15.9 Å². The molecule has 0 aliphatic rings. The van der Waals surface area contributed by atoms with E-state index in [1.807, 2.05) is 61.6 Å². The van der Waals surface area contributed by atoms with Crippen molar-refractivity contribution < 1.29 is 4.79 Å². The van der Waals surface area contributed by atoms with E-state index in [2.05, 4.69) is 16.8 Å². The minimum absolute atomic E-state index is 0.0423. The molecule has 3 aromatic rings. The van der Waals surface area contributed by atoms with Crippen LogP contribution in [-0.2, 0) is 6.54 Å². The molecule has 0 bridgehead atoms. The Labute approximate surface area is 134 Å². The van der Waals surface area contributed by atoms with Gasteiger partial charge >= 0.3 is 0 Å². The Kier molecular flexibility index (Phi) is 4.35. The van der Waals surface area contributed by atoms with Gasteiger partial charge in [-0.15, -0.1) is 0 Å². The predicted octanol–water partition coefficient (Wildman–Crippen LogP) is 4.69. The van der Waals surface area contributed by atoms with E-state index in [4.69, 9.17) is 0 Å². The Morgan fingerprint density at radius 3 is 2.32 bits per heavy atom. The van der Waals surface area contributed by atoms with Gasteiger partial charge in [0, 0.05) is 19.2 Å². The second-order valence-corrected chi connectivity index (χ2v) is 6.02. The maximum atomic E-state index is 12.5. The van der Waals surface area contributed by atoms with Crippen molar-refractivity contribution in [2.45, 2.75) is 6.54 Å². The molecule has 0 radical (unpaired) electrons. The number of hydrogen-bond donors (Lipinski definition) is 0. The van der Waals surface area contributed by atoms with Crippen LogP contribution in [0.15, 0.2) is 71.4 Å². The summed E-state index contributed by atoms with van der Waals surface area (Å²) >= 11 is 1.68. The number of amides is 1. The lowest BCUT2D eigenvalue weighted by Crippen LogP contribution is -2.26. The number of benzene rings is 2. The summed E-state index contributed by atoms with van der Waals surface area (Å²) in [5, 5.41) is 4.17. The van der Waals surface area contributed by atoms with E-state index in [0.29, 0.717) is 6.54 Å². The van der Waals surface area contributed by atoms with Gasteiger partial charge in [-0.2, -0.15) is 11.3 Å². The molecular formula is C19H17NOS. The molecule has 1 heterocycles. The van der Waals surface area contributed by atoms with Crippen LogP contribution in [0.5, 0.6) is 0 Å². The van der Waals surface area contributed by atoms with Gasteiger partial charge in [-0.25, -0.2) is 0 Å². The van der Waals surface area contributed by atoms with Gasteiger partial charge in [0.25, 0.3) is 5.91 Å². The topological polar surface area (TPSA) is 20.3 Å². The summed E-state index contributed by atoms with van der Waals surface area (Å²) in [5.41, 5.74) is 4.19. The zero-order chi connectivity index (χ0) is 15.4. The summed E-state index contributed by atoms with van der Waals surface area (Å²) in [6, 6.07) is 19.9. The molecule has 0 fully saturated rings. The summed E-state index contributed by atoms with van der Waals surface area (Å²) in [7, 11) is 1.84. The molecule has 0 unspecified atom stereocenters. The second-order valence-electron chi connectivity index (χ2n) is 5.24. The third-order valence-corrected chi connectivity index (χ3v) is 4.28. The normalized spacial score (nSPS) is 10.4. The number of nitrogens with zero attached hydrogens (tertiary/aromatic N) is 1. The summed E-state index contributed by atoms with van der Waals surface area (Å²) in [5.74, 6) is 0.0423. The minimum atomic E-state index is 0.0423. The number of hydrogen-bond acceptors (Lipinski definition) is 2. The van der Waals surface area contributed by atoms with Crippen LogP contribution in [0.4, 0.5) is 0 Å². The Hall–Kier alpha value is -2.39. The van der Waals surface area contributed by atoms with Crippen molar-refractivity contribution in [3.63, 3.8) is 0 Å². The van der Waals surface area contributed by atoms with Gasteiger partial charge < -0.3 is 4.90 Å². The van der Waals surface area contributed by atoms with Crippen LogP contribution in [0.3, 0.4) is 0 Å². The maximum absolute atomic E-state index is 12.5. The highest BCUT2D eigenvalue weighted by molar-refractivity contribution is 7.08. The van der Waals surface area contributed by atoms with E-state index in [0.717, 1.165) is 16.7 Å². The van der Waals surface area contributed by atoms with Crippen LogP contribution in [-0.4, -0.2) is 17.9 Å². The van der Waals surface area contributed by atoms with Crippen molar-refractivity contribution in [1.29, 1.82) is 0 Å². The first-order valence-electron chi connectivity index (χ1n) is 7.16. The Morgan fingerprint density at radius 2 is 1.68 bits per heavy atom. The van der Waals surface area contributed by atoms with Gasteiger partial charge in [0.2, 0.25) is 0 Å². The highest BCUT2D eigenvalue weighted by Gasteiger charge is 2.12. The summed E-state index contributed by atoms with van der Waals surface area (Å²) in [6.45, 7) is 0.617. The fourth-order valence-corrected chi connectivity index (χ4v) is 3.05. The van der Waals surface area contributed by atoms with E-state index in [9.17, 15) is 4.79 Å². The molecule has 1 aromatic heterocycles. The fourth-order valence-electron chi connectivity index (χ4n) is 2.38. The molecule has 0 saturated heterocycles. The molecule has 0 aliphatic heterocycles. The van der Waals surface area contributed by atoms with Gasteiger partial charge in [-0.05, 0) is 45.6 Å². The smallest absolute Gasteiger partial charge is 0.253 e. The molecule has 22 heavy (non-hydrogen) atoms. The SMILES string of the molecule is CN(Cc1ccccc1)C(=O)c1ccc(-c2ccsc2)cc1. The zero-order valence-electron chi connectivity index (χ0n) is 12.4. The van der Waals surface area contributed by atoms with Crippen LogP contribution >= 0.6 is 11.3 Å². The second kappa shape index (κ2) is 6.58. The molecule has 3 heteroatoms. The van der Waals surface area contributed by atoms with Gasteiger partial charge in [-0.3, -0.25) is 4.79 Å². The number of rotatable bonds is 4. The monoisotopic (exact) mass is 307 g/mol. The highest BCUT2D eigenvalue weighted by atomic mass is 32.1. The third-order valence-electron chi connectivity index (χ3n) is 3.60. The predicted molar refractivity (Wildman–Crippen MR) is 92.0 cm³/mol. The largest absolute Gasteiger partial charge is 0.337 e. The summed E-state index contributed by atoms with van der Waals surface area (Å²) < 4.78 is 0. The van der Waals surface area contributed by atoms with Crippen LogP contribution in [0, 0.1) is 0 Å². The van der Waals surface area contributed by atoms with Crippen molar-refractivity contribution in [2.75, 3.05) is 7.05 Å². The third kappa shape index (κ3) is 3.26. The van der Waals surface area contributed by atoms with Crippen molar-refractivity contribution >= 4 is 17.2 Å². The molecule has 2 aromatic carbocycles. The number of carbonyl (C=O) groups is 1. The van der Waals surface area contributed by atoms with Crippen LogP contribution in [0.25, 0.3) is 11.1 Å². The minimum Gasteiger partial charge on any atom is -0.337 e. The van der Waals surface area contributed by atoms with E-state index < -0.39 is 0 Å². The van der Waals surface area contributed by atoms with E-state index in [1.165, 1.54) is 5.56 Å². The molecular weight excluding hydrogens is 290 g/mol. The first-order valence-corrected chi connectivity index (χ1v) is 8.10. The summed E-state index contributed by atoms with van der Waals surface area (Å²) in [4.78, 5) is 14.2. The molecule has 110 valence electrons. The lowest BCUT2D eigenvalue weighted by Gasteiger charge is -2.17. The molecule has 0 aliphatic carbocycles. The summed E-state index contributed by atoms with van der Waals surface area (Å²) in [6.07, 6.45) is 0. The Morgan fingerprint density at radius 1 is 0.955 bits per heavy atom. The van der Waals surface area contributed by atoms with Crippen molar-refractivity contribution in [2.24, 2.45) is 0 Å². The quantitative estimate of drug-likeness (QED) is 0.685. The van der Waals surface area contributed by atoms with Crippen LogP contribution < -0.4 is 0 Å². The van der Waals surface area contributed by atoms with Gasteiger partial charge in [-0.1, -0.05) is 42.5 Å². The Bertz CT molecular complexity index is 733. The molecule has 0 atom stereocenters. The van der Waals surface area contributed by atoms with E-state index >= 15 is 0 Å². The molecule has 2 nitrogen and oxygen atoms in total. The average molecular weight is 307 g/mol. The average Bonchev–Trinajstić information content (AvgIpc) is 3.10.